The Balaban J connectivity index is 0.00000162. The van der Waals surface area contributed by atoms with Gasteiger partial charge in [-0.3, -0.25) is 4.79 Å². The van der Waals surface area contributed by atoms with Crippen LogP contribution in [0.4, 0.5) is 0 Å². The number of hydrogen-bond acceptors (Lipinski definition) is 2. The lowest BCUT2D eigenvalue weighted by molar-refractivity contribution is 0.0889. The van der Waals surface area contributed by atoms with Crippen LogP contribution in [0.15, 0.2) is 12.3 Å². The molecule has 102 valence electrons. The Hall–Kier alpha value is -0.710. The molecule has 0 saturated heterocycles. The highest BCUT2D eigenvalue weighted by Gasteiger charge is 2.41. The minimum atomic E-state index is -0.298. The van der Waals surface area contributed by atoms with Crippen LogP contribution in [0.3, 0.4) is 0 Å². The summed E-state index contributed by atoms with van der Waals surface area (Å²) in [5.74, 6) is 0.395. The summed E-state index contributed by atoms with van der Waals surface area (Å²) in [7, 11) is 1.80. The molecule has 6 heteroatoms. The summed E-state index contributed by atoms with van der Waals surface area (Å²) in [6.45, 7) is 2.47. The first-order valence-corrected chi connectivity index (χ1v) is 6.18. The molecule has 0 spiro atoms. The van der Waals surface area contributed by atoms with Gasteiger partial charge in [0.2, 0.25) is 0 Å². The molecule has 0 radical (unpaired) electrons. The predicted molar refractivity (Wildman–Crippen MR) is 75.3 cm³/mol. The molecule has 0 aromatic carbocycles. The normalized spacial score (nSPS) is 17.8. The minimum absolute atomic E-state index is 0. The number of halogens is 2. The number of rotatable bonds is 4. The first-order valence-electron chi connectivity index (χ1n) is 5.81. The summed E-state index contributed by atoms with van der Waals surface area (Å²) < 4.78 is 1.72. The molecule has 4 nitrogen and oxygen atoms in total. The number of aryl methyl sites for hydroxylation is 1. The topological polar surface area (TPSA) is 60.0 Å². The number of carbonyl (C=O) groups excluding carboxylic acids is 1. The molecule has 1 aromatic heterocycles. The van der Waals surface area contributed by atoms with Crippen LogP contribution in [0.25, 0.3) is 0 Å². The highest BCUT2D eigenvalue weighted by Crippen LogP contribution is 2.39. The van der Waals surface area contributed by atoms with Gasteiger partial charge >= 0.3 is 0 Å². The maximum atomic E-state index is 12.1. The summed E-state index contributed by atoms with van der Waals surface area (Å²) in [4.78, 5) is 12.1. The van der Waals surface area contributed by atoms with Gasteiger partial charge < -0.3 is 15.6 Å². The quantitative estimate of drug-likeness (QED) is 0.891. The molecule has 18 heavy (non-hydrogen) atoms. The minimum Gasteiger partial charge on any atom is -0.345 e. The zero-order valence-corrected chi connectivity index (χ0v) is 12.1. The van der Waals surface area contributed by atoms with Crippen molar-refractivity contribution >= 4 is 29.9 Å². The molecule has 1 amide bonds. The van der Waals surface area contributed by atoms with Gasteiger partial charge in [0.1, 0.15) is 5.69 Å². The van der Waals surface area contributed by atoms with E-state index in [1.165, 1.54) is 0 Å². The van der Waals surface area contributed by atoms with Gasteiger partial charge in [0.25, 0.3) is 5.91 Å². The second kappa shape index (κ2) is 5.51. The van der Waals surface area contributed by atoms with Crippen molar-refractivity contribution < 1.29 is 4.79 Å². The Kier molecular flexibility index (Phi) is 4.70. The van der Waals surface area contributed by atoms with Crippen molar-refractivity contribution in [1.82, 2.24) is 9.88 Å². The Morgan fingerprint density at radius 1 is 1.67 bits per heavy atom. The van der Waals surface area contributed by atoms with Gasteiger partial charge in [-0.25, -0.2) is 0 Å². The summed E-state index contributed by atoms with van der Waals surface area (Å²) in [6, 6.07) is 1.67. The van der Waals surface area contributed by atoms with Crippen molar-refractivity contribution in [3.05, 3.63) is 23.0 Å². The standard InChI is InChI=1S/C12H18ClN3O.ClH/c1-12(7-14,8-3-4-8)15-11(17)10-5-9(13)6-16(10)2;/h5-6,8H,3-4,7,14H2,1-2H3,(H,15,17);1H. The van der Waals surface area contributed by atoms with E-state index in [9.17, 15) is 4.79 Å². The molecular formula is C12H19Cl2N3O. The third-order valence-corrected chi connectivity index (χ3v) is 3.71. The molecule has 3 N–H and O–H groups in total. The molecule has 1 aromatic rings. The zero-order chi connectivity index (χ0) is 12.6. The van der Waals surface area contributed by atoms with E-state index in [0.717, 1.165) is 12.8 Å². The van der Waals surface area contributed by atoms with Crippen molar-refractivity contribution in [2.45, 2.75) is 25.3 Å². The number of nitrogens with two attached hydrogens (primary N) is 1. The molecular weight excluding hydrogens is 273 g/mol. The van der Waals surface area contributed by atoms with E-state index in [0.29, 0.717) is 23.2 Å². The Morgan fingerprint density at radius 2 is 2.28 bits per heavy atom. The van der Waals surface area contributed by atoms with Gasteiger partial charge in [-0.1, -0.05) is 11.6 Å². The number of hydrogen-bond donors (Lipinski definition) is 2. The van der Waals surface area contributed by atoms with Crippen molar-refractivity contribution in [3.8, 4) is 0 Å². The lowest BCUT2D eigenvalue weighted by Crippen LogP contribution is -2.53. The highest BCUT2D eigenvalue weighted by molar-refractivity contribution is 6.31. The summed E-state index contributed by atoms with van der Waals surface area (Å²) in [6.07, 6.45) is 4.00. The fourth-order valence-corrected chi connectivity index (χ4v) is 2.36. The van der Waals surface area contributed by atoms with E-state index in [1.807, 2.05) is 6.92 Å². The predicted octanol–water partition coefficient (Wildman–Crippen LogP) is 1.96. The average molecular weight is 292 g/mol. The molecule has 0 aliphatic heterocycles. The molecule has 1 fully saturated rings. The second-order valence-corrected chi connectivity index (χ2v) is 5.44. The molecule has 1 atom stereocenters. The molecule has 1 unspecified atom stereocenters. The van der Waals surface area contributed by atoms with Crippen molar-refractivity contribution in [2.24, 2.45) is 18.7 Å². The molecule has 1 heterocycles. The number of amides is 1. The zero-order valence-electron chi connectivity index (χ0n) is 10.6. The highest BCUT2D eigenvalue weighted by atomic mass is 35.5. The van der Waals surface area contributed by atoms with E-state index in [2.05, 4.69) is 5.32 Å². The Morgan fingerprint density at radius 3 is 2.67 bits per heavy atom. The smallest absolute Gasteiger partial charge is 0.268 e. The van der Waals surface area contributed by atoms with Gasteiger partial charge in [-0.2, -0.15) is 0 Å². The Bertz CT molecular complexity index is 443. The van der Waals surface area contributed by atoms with E-state index >= 15 is 0 Å². The van der Waals surface area contributed by atoms with Crippen LogP contribution in [0.1, 0.15) is 30.3 Å². The van der Waals surface area contributed by atoms with Crippen LogP contribution in [-0.4, -0.2) is 22.6 Å². The van der Waals surface area contributed by atoms with Gasteiger partial charge in [0.15, 0.2) is 0 Å². The SMILES string of the molecule is Cl.Cn1cc(Cl)cc1C(=O)NC(C)(CN)C1CC1. The van der Waals surface area contributed by atoms with Crippen LogP contribution in [0.5, 0.6) is 0 Å². The molecule has 1 aliphatic carbocycles. The van der Waals surface area contributed by atoms with Crippen molar-refractivity contribution in [1.29, 1.82) is 0 Å². The lowest BCUT2D eigenvalue weighted by atomic mass is 9.96. The molecule has 1 saturated carbocycles. The Labute approximate surface area is 118 Å². The number of aromatic nitrogens is 1. The fourth-order valence-electron chi connectivity index (χ4n) is 2.11. The van der Waals surface area contributed by atoms with E-state index in [1.54, 1.807) is 23.9 Å². The summed E-state index contributed by atoms with van der Waals surface area (Å²) in [5, 5.41) is 3.60. The third kappa shape index (κ3) is 2.99. The summed E-state index contributed by atoms with van der Waals surface area (Å²) in [5.41, 5.74) is 6.04. The van der Waals surface area contributed by atoms with Crippen LogP contribution < -0.4 is 11.1 Å². The second-order valence-electron chi connectivity index (χ2n) is 5.00. The van der Waals surface area contributed by atoms with Gasteiger partial charge in [-0.05, 0) is 31.7 Å². The number of nitrogens with one attached hydrogen (secondary N) is 1. The third-order valence-electron chi connectivity index (χ3n) is 3.51. The van der Waals surface area contributed by atoms with Crippen LogP contribution >= 0.6 is 24.0 Å². The van der Waals surface area contributed by atoms with Crippen LogP contribution in [0.2, 0.25) is 5.02 Å². The van der Waals surface area contributed by atoms with Crippen molar-refractivity contribution in [2.75, 3.05) is 6.54 Å². The van der Waals surface area contributed by atoms with Gasteiger partial charge in [0.05, 0.1) is 10.6 Å². The maximum Gasteiger partial charge on any atom is 0.268 e. The van der Waals surface area contributed by atoms with Crippen LogP contribution in [-0.2, 0) is 7.05 Å². The monoisotopic (exact) mass is 291 g/mol. The lowest BCUT2D eigenvalue weighted by Gasteiger charge is -2.29. The average Bonchev–Trinajstić information content (AvgIpc) is 3.05. The van der Waals surface area contributed by atoms with Crippen LogP contribution in [0, 0.1) is 5.92 Å². The largest absolute Gasteiger partial charge is 0.345 e. The fraction of sp³-hybridized carbons (Fsp3) is 0.583. The molecule has 0 bridgehead atoms. The number of nitrogens with zero attached hydrogens (tertiary/aromatic N) is 1. The molecule has 2 rings (SSSR count). The number of carbonyl (C=O) groups is 1. The maximum absolute atomic E-state index is 12.1. The first kappa shape index (κ1) is 15.3. The van der Waals surface area contributed by atoms with E-state index in [4.69, 9.17) is 17.3 Å². The summed E-state index contributed by atoms with van der Waals surface area (Å²) >= 11 is 5.86. The van der Waals surface area contributed by atoms with E-state index in [-0.39, 0.29) is 23.9 Å². The van der Waals surface area contributed by atoms with Crippen molar-refractivity contribution in [3.63, 3.8) is 0 Å². The van der Waals surface area contributed by atoms with Gasteiger partial charge in [0, 0.05) is 19.8 Å². The molecule has 1 aliphatic rings. The first-order chi connectivity index (χ1) is 7.96. The van der Waals surface area contributed by atoms with E-state index < -0.39 is 0 Å². The van der Waals surface area contributed by atoms with Gasteiger partial charge in [-0.15, -0.1) is 12.4 Å².